The van der Waals surface area contributed by atoms with Gasteiger partial charge in [0.25, 0.3) is 0 Å². The van der Waals surface area contributed by atoms with Crippen LogP contribution in [0.15, 0.2) is 6.20 Å². The van der Waals surface area contributed by atoms with Crippen LogP contribution in [0.25, 0.3) is 0 Å². The summed E-state index contributed by atoms with van der Waals surface area (Å²) in [5.41, 5.74) is 8.71. The van der Waals surface area contributed by atoms with Crippen molar-refractivity contribution in [1.82, 2.24) is 15.1 Å². The van der Waals surface area contributed by atoms with E-state index in [0.717, 1.165) is 6.54 Å². The van der Waals surface area contributed by atoms with Crippen LogP contribution >= 0.6 is 0 Å². The van der Waals surface area contributed by atoms with Gasteiger partial charge in [-0.1, -0.05) is 6.42 Å². The van der Waals surface area contributed by atoms with E-state index in [1.54, 1.807) is 0 Å². The molecular weight excluding hydrogens is 224 g/mol. The van der Waals surface area contributed by atoms with Crippen LogP contribution in [0.3, 0.4) is 0 Å². The third kappa shape index (κ3) is 2.08. The quantitative estimate of drug-likeness (QED) is 0.852. The van der Waals surface area contributed by atoms with Gasteiger partial charge in [-0.05, 0) is 44.6 Å². The van der Waals surface area contributed by atoms with Crippen LogP contribution in [0.1, 0.15) is 49.4 Å². The molecule has 18 heavy (non-hydrogen) atoms. The van der Waals surface area contributed by atoms with Gasteiger partial charge < -0.3 is 11.1 Å². The van der Waals surface area contributed by atoms with Crippen molar-refractivity contribution in [1.29, 1.82) is 0 Å². The van der Waals surface area contributed by atoms with E-state index >= 15 is 0 Å². The van der Waals surface area contributed by atoms with Gasteiger partial charge in [-0.3, -0.25) is 4.68 Å². The lowest BCUT2D eigenvalue weighted by atomic mass is 9.91. The summed E-state index contributed by atoms with van der Waals surface area (Å²) < 4.78 is 2.04. The Labute approximate surface area is 109 Å². The molecule has 1 aromatic heterocycles. The number of aryl methyl sites for hydroxylation is 1. The SMILES string of the molecule is Cn1ncc2c1CCCC2NC1CCCC1CN. The van der Waals surface area contributed by atoms with Crippen LogP contribution in [0.2, 0.25) is 0 Å². The number of fused-ring (bicyclic) bond motifs is 1. The average molecular weight is 248 g/mol. The van der Waals surface area contributed by atoms with Gasteiger partial charge >= 0.3 is 0 Å². The second-order valence-electron chi connectivity index (χ2n) is 5.81. The third-order valence-electron chi connectivity index (χ3n) is 4.75. The largest absolute Gasteiger partial charge is 0.330 e. The van der Waals surface area contributed by atoms with Crippen molar-refractivity contribution in [3.63, 3.8) is 0 Å². The van der Waals surface area contributed by atoms with Gasteiger partial charge in [-0.15, -0.1) is 0 Å². The normalized spacial score (nSPS) is 31.6. The molecule has 2 aliphatic rings. The van der Waals surface area contributed by atoms with E-state index in [-0.39, 0.29) is 0 Å². The van der Waals surface area contributed by atoms with Gasteiger partial charge in [0, 0.05) is 30.4 Å². The smallest absolute Gasteiger partial charge is 0.0540 e. The topological polar surface area (TPSA) is 55.9 Å². The fraction of sp³-hybridized carbons (Fsp3) is 0.786. The van der Waals surface area contributed by atoms with Crippen molar-refractivity contribution in [2.45, 2.75) is 50.6 Å². The maximum absolute atomic E-state index is 5.87. The molecule has 0 saturated heterocycles. The number of nitrogens with one attached hydrogen (secondary N) is 1. The van der Waals surface area contributed by atoms with Gasteiger partial charge in [0.05, 0.1) is 6.20 Å². The van der Waals surface area contributed by atoms with Crippen molar-refractivity contribution >= 4 is 0 Å². The summed E-state index contributed by atoms with van der Waals surface area (Å²) in [5.74, 6) is 0.673. The van der Waals surface area contributed by atoms with E-state index in [2.05, 4.69) is 23.7 Å². The molecule has 3 atom stereocenters. The van der Waals surface area contributed by atoms with E-state index < -0.39 is 0 Å². The van der Waals surface area contributed by atoms with E-state index in [1.165, 1.54) is 49.8 Å². The monoisotopic (exact) mass is 248 g/mol. The zero-order chi connectivity index (χ0) is 12.5. The Hall–Kier alpha value is -0.870. The Morgan fingerprint density at radius 2 is 2.28 bits per heavy atom. The molecular formula is C14H24N4. The zero-order valence-corrected chi connectivity index (χ0v) is 11.2. The van der Waals surface area contributed by atoms with Crippen LogP contribution in [0.5, 0.6) is 0 Å². The van der Waals surface area contributed by atoms with E-state index in [1.807, 2.05) is 4.68 Å². The molecule has 1 saturated carbocycles. The molecule has 0 spiro atoms. The predicted octanol–water partition coefficient (Wildman–Crippen LogP) is 1.51. The van der Waals surface area contributed by atoms with Crippen LogP contribution < -0.4 is 11.1 Å². The van der Waals surface area contributed by atoms with Gasteiger partial charge in [-0.2, -0.15) is 5.10 Å². The van der Waals surface area contributed by atoms with Crippen LogP contribution in [0.4, 0.5) is 0 Å². The summed E-state index contributed by atoms with van der Waals surface area (Å²) in [6.45, 7) is 0.824. The molecule has 1 heterocycles. The minimum absolute atomic E-state index is 0.500. The maximum atomic E-state index is 5.87. The molecule has 1 fully saturated rings. The summed E-state index contributed by atoms with van der Waals surface area (Å²) in [6.07, 6.45) is 9.64. The molecule has 0 radical (unpaired) electrons. The van der Waals surface area contributed by atoms with Crippen molar-refractivity contribution in [3.8, 4) is 0 Å². The fourth-order valence-electron chi connectivity index (χ4n) is 3.68. The molecule has 0 bridgehead atoms. The summed E-state index contributed by atoms with van der Waals surface area (Å²) in [7, 11) is 2.06. The summed E-state index contributed by atoms with van der Waals surface area (Å²) in [5, 5.41) is 8.27. The Morgan fingerprint density at radius 3 is 3.11 bits per heavy atom. The average Bonchev–Trinajstić information content (AvgIpc) is 2.98. The minimum atomic E-state index is 0.500. The first-order chi connectivity index (χ1) is 8.79. The van der Waals surface area contributed by atoms with Crippen molar-refractivity contribution in [2.24, 2.45) is 18.7 Å². The second-order valence-corrected chi connectivity index (χ2v) is 5.81. The van der Waals surface area contributed by atoms with Crippen LogP contribution in [0, 0.1) is 5.92 Å². The summed E-state index contributed by atoms with van der Waals surface area (Å²) in [6, 6.07) is 1.12. The van der Waals surface area contributed by atoms with Gasteiger partial charge in [0.15, 0.2) is 0 Å². The Bertz CT molecular complexity index is 412. The van der Waals surface area contributed by atoms with E-state index in [0.29, 0.717) is 18.0 Å². The lowest BCUT2D eigenvalue weighted by Crippen LogP contribution is -2.39. The molecule has 0 aliphatic heterocycles. The Balaban J connectivity index is 1.74. The second kappa shape index (κ2) is 5.02. The van der Waals surface area contributed by atoms with E-state index in [9.17, 15) is 0 Å². The Morgan fingerprint density at radius 1 is 1.39 bits per heavy atom. The van der Waals surface area contributed by atoms with Crippen molar-refractivity contribution < 1.29 is 0 Å². The van der Waals surface area contributed by atoms with Gasteiger partial charge in [-0.25, -0.2) is 0 Å². The molecule has 4 nitrogen and oxygen atoms in total. The first-order valence-electron chi connectivity index (χ1n) is 7.26. The maximum Gasteiger partial charge on any atom is 0.0540 e. The Kier molecular flexibility index (Phi) is 3.39. The van der Waals surface area contributed by atoms with Crippen LogP contribution in [-0.2, 0) is 13.5 Å². The number of nitrogens with zero attached hydrogens (tertiary/aromatic N) is 2. The molecule has 3 N–H and O–H groups in total. The highest BCUT2D eigenvalue weighted by Gasteiger charge is 2.31. The molecule has 2 aliphatic carbocycles. The number of nitrogens with two attached hydrogens (primary N) is 1. The number of hydrogen-bond donors (Lipinski definition) is 2. The zero-order valence-electron chi connectivity index (χ0n) is 11.2. The van der Waals surface area contributed by atoms with Crippen LogP contribution in [-0.4, -0.2) is 22.4 Å². The van der Waals surface area contributed by atoms with Gasteiger partial charge in [0.2, 0.25) is 0 Å². The number of hydrogen-bond acceptors (Lipinski definition) is 3. The highest BCUT2D eigenvalue weighted by Crippen LogP contribution is 2.33. The standard InChI is InChI=1S/C14H24N4/c1-18-14-7-3-6-13(11(14)9-16-18)17-12-5-2-4-10(12)8-15/h9-10,12-13,17H,2-8,15H2,1H3. The molecule has 3 unspecified atom stereocenters. The minimum Gasteiger partial charge on any atom is -0.330 e. The molecule has 0 amide bonds. The van der Waals surface area contributed by atoms with Gasteiger partial charge in [0.1, 0.15) is 0 Å². The highest BCUT2D eigenvalue weighted by molar-refractivity contribution is 5.25. The predicted molar refractivity (Wildman–Crippen MR) is 72.2 cm³/mol. The third-order valence-corrected chi connectivity index (χ3v) is 4.75. The molecule has 3 rings (SSSR count). The lowest BCUT2D eigenvalue weighted by molar-refractivity contribution is 0.338. The number of rotatable bonds is 3. The molecule has 0 aromatic carbocycles. The van der Waals surface area contributed by atoms with E-state index in [4.69, 9.17) is 5.73 Å². The molecule has 4 heteroatoms. The molecule has 1 aromatic rings. The molecule has 100 valence electrons. The van der Waals surface area contributed by atoms with Crippen molar-refractivity contribution in [2.75, 3.05) is 6.54 Å². The number of aromatic nitrogens is 2. The fourth-order valence-corrected chi connectivity index (χ4v) is 3.68. The first kappa shape index (κ1) is 12.2. The summed E-state index contributed by atoms with van der Waals surface area (Å²) >= 11 is 0. The highest BCUT2D eigenvalue weighted by atomic mass is 15.3. The lowest BCUT2D eigenvalue weighted by Gasteiger charge is -2.29. The summed E-state index contributed by atoms with van der Waals surface area (Å²) in [4.78, 5) is 0. The first-order valence-corrected chi connectivity index (χ1v) is 7.26. The van der Waals surface area contributed by atoms with Crippen molar-refractivity contribution in [3.05, 3.63) is 17.5 Å².